The van der Waals surface area contributed by atoms with Gasteiger partial charge in [0.05, 0.1) is 20.0 Å². The maximum absolute atomic E-state index is 12.1. The van der Waals surface area contributed by atoms with Crippen LogP contribution in [0.2, 0.25) is 0 Å². The fourth-order valence-electron chi connectivity index (χ4n) is 3.07. The highest BCUT2D eigenvalue weighted by Crippen LogP contribution is 2.35. The van der Waals surface area contributed by atoms with Crippen LogP contribution in [0.5, 0.6) is 5.75 Å². The molecule has 0 heterocycles. The first-order valence-corrected chi connectivity index (χ1v) is 10.4. The summed E-state index contributed by atoms with van der Waals surface area (Å²) >= 11 is 0. The summed E-state index contributed by atoms with van der Waals surface area (Å²) in [5, 5.41) is 0. The Bertz CT molecular complexity index is 659. The minimum Gasteiger partial charge on any atom is -0.476 e. The number of methoxy groups -OCH3 is 1. The maximum Gasteiger partial charge on any atom is 0.350 e. The lowest BCUT2D eigenvalue weighted by molar-refractivity contribution is -0.158. The number of unbranched alkanes of at least 4 members (excludes halogenated alkanes) is 1. The van der Waals surface area contributed by atoms with Crippen LogP contribution in [0.1, 0.15) is 44.1 Å². The topological polar surface area (TPSA) is 78.9 Å². The molecule has 0 N–H and O–H groups in total. The zero-order chi connectivity index (χ0) is 18.3. The minimum atomic E-state index is -3.36. The molecule has 2 rings (SSSR count). The van der Waals surface area contributed by atoms with Gasteiger partial charge in [-0.25, -0.2) is 4.79 Å². The van der Waals surface area contributed by atoms with Gasteiger partial charge in [0, 0.05) is 0 Å². The van der Waals surface area contributed by atoms with Crippen molar-refractivity contribution in [1.29, 1.82) is 0 Å². The van der Waals surface area contributed by atoms with Crippen molar-refractivity contribution in [3.05, 3.63) is 29.8 Å². The first-order valence-electron chi connectivity index (χ1n) is 8.55. The normalized spacial score (nSPS) is 16.6. The molecule has 7 heteroatoms. The van der Waals surface area contributed by atoms with Crippen LogP contribution in [0.15, 0.2) is 24.3 Å². The SMILES string of the molecule is COC(=O)C1(Oc2ccc(CCCCOS(C)(=O)=O)cc2)CCCC1. The van der Waals surface area contributed by atoms with Crippen molar-refractivity contribution in [2.45, 2.75) is 50.5 Å². The molecule has 1 saturated carbocycles. The van der Waals surface area contributed by atoms with Crippen LogP contribution in [0.25, 0.3) is 0 Å². The van der Waals surface area contributed by atoms with Crippen molar-refractivity contribution in [3.63, 3.8) is 0 Å². The Balaban J connectivity index is 1.84. The molecule has 6 nitrogen and oxygen atoms in total. The third-order valence-electron chi connectivity index (χ3n) is 4.36. The van der Waals surface area contributed by atoms with Crippen LogP contribution in [-0.2, 0) is 30.3 Å². The highest BCUT2D eigenvalue weighted by molar-refractivity contribution is 7.85. The first-order chi connectivity index (χ1) is 11.8. The molecule has 1 aliphatic carbocycles. The smallest absolute Gasteiger partial charge is 0.350 e. The van der Waals surface area contributed by atoms with E-state index in [9.17, 15) is 13.2 Å². The molecule has 0 bridgehead atoms. The van der Waals surface area contributed by atoms with Gasteiger partial charge in [-0.2, -0.15) is 8.42 Å². The minimum absolute atomic E-state index is 0.210. The summed E-state index contributed by atoms with van der Waals surface area (Å²) < 4.78 is 37.4. The highest BCUT2D eigenvalue weighted by atomic mass is 32.2. The van der Waals surface area contributed by atoms with Crippen LogP contribution < -0.4 is 4.74 Å². The Morgan fingerprint density at radius 3 is 2.32 bits per heavy atom. The van der Waals surface area contributed by atoms with Crippen molar-refractivity contribution in [2.75, 3.05) is 20.0 Å². The number of aryl methyl sites for hydroxylation is 1. The van der Waals surface area contributed by atoms with E-state index in [1.807, 2.05) is 24.3 Å². The van der Waals surface area contributed by atoms with E-state index >= 15 is 0 Å². The number of carbonyl (C=O) groups is 1. The number of carbonyl (C=O) groups excluding carboxylic acids is 1. The Labute approximate surface area is 149 Å². The highest BCUT2D eigenvalue weighted by Gasteiger charge is 2.44. The van der Waals surface area contributed by atoms with E-state index in [4.69, 9.17) is 13.7 Å². The second kappa shape index (κ2) is 8.67. The molecule has 0 atom stereocenters. The first kappa shape index (κ1) is 19.7. The Kier molecular flexibility index (Phi) is 6.84. The standard InChI is InChI=1S/C18H26O6S/c1-22-17(19)18(12-4-5-13-18)24-16-10-8-15(9-11-16)7-3-6-14-23-25(2,20)21/h8-11H,3-7,12-14H2,1-2H3. The summed E-state index contributed by atoms with van der Waals surface area (Å²) in [6, 6.07) is 7.66. The molecule has 0 spiro atoms. The molecule has 1 fully saturated rings. The van der Waals surface area contributed by atoms with Gasteiger partial charge >= 0.3 is 5.97 Å². The molecular formula is C18H26O6S. The third-order valence-corrected chi connectivity index (χ3v) is 4.96. The molecule has 1 aromatic rings. The van der Waals surface area contributed by atoms with E-state index in [1.165, 1.54) is 7.11 Å². The fraction of sp³-hybridized carbons (Fsp3) is 0.611. The van der Waals surface area contributed by atoms with Gasteiger partial charge in [0.2, 0.25) is 5.60 Å². The predicted molar refractivity (Wildman–Crippen MR) is 94.0 cm³/mol. The van der Waals surface area contributed by atoms with Gasteiger partial charge in [-0.3, -0.25) is 4.18 Å². The van der Waals surface area contributed by atoms with Gasteiger partial charge < -0.3 is 9.47 Å². The van der Waals surface area contributed by atoms with Gasteiger partial charge in [-0.05, 0) is 62.6 Å². The van der Waals surface area contributed by atoms with Gasteiger partial charge in [-0.1, -0.05) is 12.1 Å². The molecule has 140 valence electrons. The number of benzene rings is 1. The van der Waals surface area contributed by atoms with E-state index < -0.39 is 15.7 Å². The van der Waals surface area contributed by atoms with Crippen LogP contribution in [-0.4, -0.2) is 40.0 Å². The molecule has 25 heavy (non-hydrogen) atoms. The van der Waals surface area contributed by atoms with Gasteiger partial charge in [0.1, 0.15) is 5.75 Å². The lowest BCUT2D eigenvalue weighted by Crippen LogP contribution is -2.42. The zero-order valence-corrected chi connectivity index (χ0v) is 15.6. The number of esters is 1. The summed E-state index contributed by atoms with van der Waals surface area (Å²) in [7, 11) is -1.96. The molecule has 0 radical (unpaired) electrons. The summed E-state index contributed by atoms with van der Waals surface area (Å²) in [6.45, 7) is 0.210. The van der Waals surface area contributed by atoms with Crippen molar-refractivity contribution >= 4 is 16.1 Å². The van der Waals surface area contributed by atoms with Gasteiger partial charge in [0.15, 0.2) is 0 Å². The van der Waals surface area contributed by atoms with Gasteiger partial charge in [-0.15, -0.1) is 0 Å². The average molecular weight is 370 g/mol. The number of hydrogen-bond acceptors (Lipinski definition) is 6. The predicted octanol–water partition coefficient (Wildman–Crippen LogP) is 2.85. The summed E-state index contributed by atoms with van der Waals surface area (Å²) in [4.78, 5) is 12.1. The molecule has 1 aromatic carbocycles. The van der Waals surface area contributed by atoms with Gasteiger partial charge in [0.25, 0.3) is 10.1 Å². The van der Waals surface area contributed by atoms with Crippen LogP contribution >= 0.6 is 0 Å². The second-order valence-corrected chi connectivity index (χ2v) is 8.07. The third kappa shape index (κ3) is 6.01. The summed E-state index contributed by atoms with van der Waals surface area (Å²) in [5.74, 6) is 0.358. The molecule has 0 aliphatic heterocycles. The summed E-state index contributed by atoms with van der Waals surface area (Å²) in [6.07, 6.45) is 6.68. The van der Waals surface area contributed by atoms with E-state index in [-0.39, 0.29) is 12.6 Å². The van der Waals surface area contributed by atoms with E-state index in [0.29, 0.717) is 25.0 Å². The number of ether oxygens (including phenoxy) is 2. The van der Waals surface area contributed by atoms with E-state index in [2.05, 4.69) is 0 Å². The largest absolute Gasteiger partial charge is 0.476 e. The fourth-order valence-corrected chi connectivity index (χ4v) is 3.49. The molecule has 0 unspecified atom stereocenters. The van der Waals surface area contributed by atoms with Crippen molar-refractivity contribution in [3.8, 4) is 5.75 Å². The second-order valence-electron chi connectivity index (χ2n) is 6.42. The Morgan fingerprint density at radius 2 is 1.76 bits per heavy atom. The molecule has 0 saturated heterocycles. The van der Waals surface area contributed by atoms with E-state index in [0.717, 1.165) is 37.5 Å². The van der Waals surface area contributed by atoms with Crippen molar-refractivity contribution < 1.29 is 26.9 Å². The number of hydrogen-bond donors (Lipinski definition) is 0. The van der Waals surface area contributed by atoms with Crippen LogP contribution in [0, 0.1) is 0 Å². The molecule has 1 aliphatic rings. The van der Waals surface area contributed by atoms with Crippen molar-refractivity contribution in [2.24, 2.45) is 0 Å². The van der Waals surface area contributed by atoms with Crippen LogP contribution in [0.4, 0.5) is 0 Å². The van der Waals surface area contributed by atoms with Crippen molar-refractivity contribution in [1.82, 2.24) is 0 Å². The monoisotopic (exact) mass is 370 g/mol. The molecule has 0 amide bonds. The lowest BCUT2D eigenvalue weighted by atomic mass is 10.0. The Hall–Kier alpha value is -1.60. The average Bonchev–Trinajstić information content (AvgIpc) is 3.04. The molecular weight excluding hydrogens is 344 g/mol. The van der Waals surface area contributed by atoms with Crippen LogP contribution in [0.3, 0.4) is 0 Å². The lowest BCUT2D eigenvalue weighted by Gasteiger charge is -2.27. The number of rotatable bonds is 9. The zero-order valence-electron chi connectivity index (χ0n) is 14.8. The maximum atomic E-state index is 12.1. The molecule has 0 aromatic heterocycles. The summed E-state index contributed by atoms with van der Waals surface area (Å²) in [5.41, 5.74) is 0.282. The quantitative estimate of drug-likeness (QED) is 0.378. The van der Waals surface area contributed by atoms with E-state index in [1.54, 1.807) is 0 Å². The Morgan fingerprint density at radius 1 is 1.12 bits per heavy atom.